The molecule has 0 saturated carbocycles. The van der Waals surface area contributed by atoms with E-state index in [0.29, 0.717) is 38.9 Å². The maximum absolute atomic E-state index is 12.8. The lowest BCUT2D eigenvalue weighted by molar-refractivity contribution is -0.147. The number of nitrogens with zero attached hydrogens (tertiary/aromatic N) is 5. The van der Waals surface area contributed by atoms with Crippen molar-refractivity contribution in [3.8, 4) is 0 Å². The second-order valence-electron chi connectivity index (χ2n) is 9.71. The van der Waals surface area contributed by atoms with E-state index in [1.54, 1.807) is 13.1 Å². The Morgan fingerprint density at radius 2 is 1.93 bits per heavy atom. The smallest absolute Gasteiger partial charge is 0.323 e. The SMILES string of the molecule is CN[C@H](CC(N)=O)C(=O)OCCN1CCN(c2cc(Nc3ncc(C(=O)Nc4c(C)cccc4Cl)s3)nc(C)n2)CC1. The summed E-state index contributed by atoms with van der Waals surface area (Å²) in [6, 6.07) is 6.55. The summed E-state index contributed by atoms with van der Waals surface area (Å²) < 4.78 is 5.33. The van der Waals surface area contributed by atoms with Gasteiger partial charge in [-0.25, -0.2) is 15.0 Å². The molecule has 224 valence electrons. The Kier molecular flexibility index (Phi) is 10.6. The number of anilines is 4. The maximum Gasteiger partial charge on any atom is 0.323 e. The Balaban J connectivity index is 1.29. The molecule has 1 atom stereocenters. The third-order valence-corrected chi connectivity index (χ3v) is 7.86. The largest absolute Gasteiger partial charge is 0.463 e. The van der Waals surface area contributed by atoms with Gasteiger partial charge < -0.3 is 31.3 Å². The van der Waals surface area contributed by atoms with Crippen LogP contribution in [0.3, 0.4) is 0 Å². The predicted octanol–water partition coefficient (Wildman–Crippen LogP) is 2.33. The first-order chi connectivity index (χ1) is 20.1. The standard InChI is InChI=1S/C27H34ClN9O4S/c1-16-5-4-6-18(28)24(16)35-25(39)20-15-31-27(42-20)34-22-14-23(33-17(2)32-22)37-9-7-36(8-10-37)11-12-41-26(40)19(30-3)13-21(29)38/h4-6,14-15,19,30H,7-13H2,1-3H3,(H2,29,38)(H,35,39)(H,31,32,33,34)/t19-/m1/s1. The normalized spacial score (nSPS) is 14.3. The van der Waals surface area contributed by atoms with Gasteiger partial charge in [0.25, 0.3) is 5.91 Å². The van der Waals surface area contributed by atoms with Gasteiger partial charge in [0, 0.05) is 38.8 Å². The summed E-state index contributed by atoms with van der Waals surface area (Å²) in [6.07, 6.45) is 1.40. The molecule has 15 heteroatoms. The molecule has 42 heavy (non-hydrogen) atoms. The lowest BCUT2D eigenvalue weighted by Crippen LogP contribution is -2.48. The molecule has 1 aliphatic rings. The van der Waals surface area contributed by atoms with E-state index in [0.717, 1.165) is 37.6 Å². The lowest BCUT2D eigenvalue weighted by Gasteiger charge is -2.35. The molecule has 1 saturated heterocycles. The van der Waals surface area contributed by atoms with E-state index in [1.807, 2.05) is 32.0 Å². The number of amides is 2. The van der Waals surface area contributed by atoms with Gasteiger partial charge in [-0.3, -0.25) is 19.3 Å². The van der Waals surface area contributed by atoms with Crippen LogP contribution in [-0.2, 0) is 14.3 Å². The van der Waals surface area contributed by atoms with Crippen molar-refractivity contribution in [2.45, 2.75) is 26.3 Å². The number of esters is 1. The zero-order chi connectivity index (χ0) is 30.2. The maximum atomic E-state index is 12.8. The average Bonchev–Trinajstić information content (AvgIpc) is 3.42. The van der Waals surface area contributed by atoms with Crippen molar-refractivity contribution in [1.82, 2.24) is 25.2 Å². The zero-order valence-corrected chi connectivity index (χ0v) is 25.2. The van der Waals surface area contributed by atoms with E-state index in [2.05, 4.69) is 40.7 Å². The third kappa shape index (κ3) is 8.35. The van der Waals surface area contributed by atoms with Crippen LogP contribution in [0.5, 0.6) is 0 Å². The van der Waals surface area contributed by atoms with Crippen LogP contribution in [0.25, 0.3) is 0 Å². The topological polar surface area (TPSA) is 168 Å². The minimum atomic E-state index is -0.742. The molecule has 1 fully saturated rings. The number of ether oxygens (including phenoxy) is 1. The van der Waals surface area contributed by atoms with E-state index in [4.69, 9.17) is 22.1 Å². The van der Waals surface area contributed by atoms with E-state index in [1.165, 1.54) is 17.5 Å². The van der Waals surface area contributed by atoms with Crippen molar-refractivity contribution in [2.75, 3.05) is 61.9 Å². The second kappa shape index (κ2) is 14.4. The fraction of sp³-hybridized carbons (Fsp3) is 0.407. The van der Waals surface area contributed by atoms with Crippen LogP contribution in [0.15, 0.2) is 30.5 Å². The van der Waals surface area contributed by atoms with Crippen molar-refractivity contribution in [3.63, 3.8) is 0 Å². The van der Waals surface area contributed by atoms with Crippen molar-refractivity contribution in [2.24, 2.45) is 5.73 Å². The average molecular weight is 616 g/mol. The Morgan fingerprint density at radius 3 is 2.62 bits per heavy atom. The number of benzene rings is 1. The fourth-order valence-electron chi connectivity index (χ4n) is 4.37. The van der Waals surface area contributed by atoms with Gasteiger partial charge in [0.15, 0.2) is 5.13 Å². The molecule has 5 N–H and O–H groups in total. The molecule has 0 aliphatic carbocycles. The molecule has 1 aromatic carbocycles. The molecule has 3 aromatic rings. The van der Waals surface area contributed by atoms with Crippen molar-refractivity contribution >= 4 is 63.2 Å². The van der Waals surface area contributed by atoms with Crippen LogP contribution < -0.4 is 26.6 Å². The summed E-state index contributed by atoms with van der Waals surface area (Å²) in [4.78, 5) is 54.3. The van der Waals surface area contributed by atoms with Gasteiger partial charge in [-0.2, -0.15) is 0 Å². The molecular formula is C27H34ClN9O4S. The van der Waals surface area contributed by atoms with Crippen LogP contribution in [-0.4, -0.2) is 90.1 Å². The monoisotopic (exact) mass is 615 g/mol. The Hall–Kier alpha value is -3.85. The van der Waals surface area contributed by atoms with Gasteiger partial charge in [0.05, 0.1) is 23.3 Å². The molecule has 0 bridgehead atoms. The van der Waals surface area contributed by atoms with Crippen LogP contribution in [0.2, 0.25) is 5.02 Å². The highest BCUT2D eigenvalue weighted by molar-refractivity contribution is 7.17. The van der Waals surface area contributed by atoms with Gasteiger partial charge in [0.1, 0.15) is 35.0 Å². The molecule has 0 spiro atoms. The van der Waals surface area contributed by atoms with Crippen LogP contribution in [0.1, 0.15) is 27.5 Å². The fourth-order valence-corrected chi connectivity index (χ4v) is 5.36. The van der Waals surface area contributed by atoms with Crippen LogP contribution >= 0.6 is 22.9 Å². The number of para-hydroxylation sites is 1. The molecule has 1 aliphatic heterocycles. The molecule has 0 radical (unpaired) electrons. The number of halogens is 1. The van der Waals surface area contributed by atoms with Gasteiger partial charge in [0.2, 0.25) is 5.91 Å². The van der Waals surface area contributed by atoms with Crippen LogP contribution in [0.4, 0.5) is 22.5 Å². The predicted molar refractivity (Wildman–Crippen MR) is 163 cm³/mol. The summed E-state index contributed by atoms with van der Waals surface area (Å²) in [5.41, 5.74) is 6.62. The van der Waals surface area contributed by atoms with Crippen LogP contribution in [0, 0.1) is 13.8 Å². The molecular weight excluding hydrogens is 582 g/mol. The van der Waals surface area contributed by atoms with Crippen molar-refractivity contribution < 1.29 is 19.1 Å². The highest BCUT2D eigenvalue weighted by atomic mass is 35.5. The zero-order valence-electron chi connectivity index (χ0n) is 23.6. The number of rotatable bonds is 12. The van der Waals surface area contributed by atoms with Crippen molar-refractivity contribution in [1.29, 1.82) is 0 Å². The number of aryl methyl sites for hydroxylation is 2. The number of nitrogens with one attached hydrogen (secondary N) is 3. The van der Waals surface area contributed by atoms with E-state index < -0.39 is 17.9 Å². The first kappa shape index (κ1) is 31.1. The minimum absolute atomic E-state index is 0.106. The van der Waals surface area contributed by atoms with Crippen molar-refractivity contribution in [3.05, 3.63) is 51.7 Å². The number of hydrogen-bond donors (Lipinski definition) is 4. The number of primary amides is 1. The molecule has 3 heterocycles. The number of aromatic nitrogens is 3. The first-order valence-corrected chi connectivity index (χ1v) is 14.6. The Morgan fingerprint density at radius 1 is 1.17 bits per heavy atom. The number of likely N-dealkylation sites (N-methyl/N-ethyl adjacent to an activating group) is 1. The highest BCUT2D eigenvalue weighted by Crippen LogP contribution is 2.28. The number of carbonyl (C=O) groups is 3. The third-order valence-electron chi connectivity index (χ3n) is 6.64. The molecule has 2 aromatic heterocycles. The van der Waals surface area contributed by atoms with Gasteiger partial charge >= 0.3 is 5.97 Å². The highest BCUT2D eigenvalue weighted by Gasteiger charge is 2.23. The minimum Gasteiger partial charge on any atom is -0.463 e. The molecule has 0 unspecified atom stereocenters. The van der Waals surface area contributed by atoms with Gasteiger partial charge in [-0.15, -0.1) is 0 Å². The second-order valence-corrected chi connectivity index (χ2v) is 11.1. The quantitative estimate of drug-likeness (QED) is 0.221. The number of hydrogen-bond acceptors (Lipinski definition) is 12. The summed E-state index contributed by atoms with van der Waals surface area (Å²) in [6.45, 7) is 7.49. The molecule has 4 rings (SSSR count). The van der Waals surface area contributed by atoms with E-state index in [-0.39, 0.29) is 18.9 Å². The summed E-state index contributed by atoms with van der Waals surface area (Å²) in [5, 5.41) is 9.80. The number of nitrogens with two attached hydrogens (primary N) is 1. The summed E-state index contributed by atoms with van der Waals surface area (Å²) in [5.74, 6) is 0.604. The Labute approximate surface area is 252 Å². The molecule has 13 nitrogen and oxygen atoms in total. The Bertz CT molecular complexity index is 1410. The first-order valence-electron chi connectivity index (χ1n) is 13.4. The van der Waals surface area contributed by atoms with E-state index in [9.17, 15) is 14.4 Å². The van der Waals surface area contributed by atoms with Gasteiger partial charge in [-0.1, -0.05) is 35.1 Å². The van der Waals surface area contributed by atoms with Gasteiger partial charge in [-0.05, 0) is 32.5 Å². The molecule has 2 amide bonds. The summed E-state index contributed by atoms with van der Waals surface area (Å²) in [7, 11) is 1.58. The van der Waals surface area contributed by atoms with E-state index >= 15 is 0 Å². The number of piperazine rings is 1. The summed E-state index contributed by atoms with van der Waals surface area (Å²) >= 11 is 7.45. The number of carbonyl (C=O) groups excluding carboxylic acids is 3. The number of thiazole rings is 1. The lowest BCUT2D eigenvalue weighted by atomic mass is 10.2.